The molecule has 0 unspecified atom stereocenters. The number of carbonyl (C=O) groups is 2. The number of amides is 2. The number of carbonyl (C=O) groups excluding carboxylic acids is 2. The highest BCUT2D eigenvalue weighted by Gasteiger charge is 2.27. The Morgan fingerprint density at radius 3 is 2.24 bits per heavy atom. The van der Waals surface area contributed by atoms with Gasteiger partial charge in [-0.05, 0) is 55.5 Å². The first-order valence-corrected chi connectivity index (χ1v) is 14.0. The van der Waals surface area contributed by atoms with Crippen molar-refractivity contribution in [1.82, 2.24) is 4.90 Å². The summed E-state index contributed by atoms with van der Waals surface area (Å²) >= 11 is 0. The van der Waals surface area contributed by atoms with Gasteiger partial charge in [0.15, 0.2) is 0 Å². The molecule has 2 aromatic carbocycles. The first-order valence-electron chi connectivity index (χ1n) is 14.0. The average Bonchev–Trinajstić information content (AvgIpc) is 3.67. The standard InChI is InChI=1S/C30H40N4O3/c1-37-28-11-5-4-10-27(28)33-20-18-32(19-21-33)26-14-13-24(22-25(26)30(36)34-16-6-7-17-34)31-29(35)15-12-23-8-2-3-9-23/h4-5,10-11,13-14,22-23H,2-3,6-9,12,15-21H2,1H3,(H,31,35). The van der Waals surface area contributed by atoms with Crippen LogP contribution < -0.4 is 19.9 Å². The van der Waals surface area contributed by atoms with Gasteiger partial charge in [0.05, 0.1) is 18.4 Å². The Bertz CT molecular complexity index is 1080. The Hall–Kier alpha value is -3.22. The van der Waals surface area contributed by atoms with Crippen molar-refractivity contribution in [3.8, 4) is 5.75 Å². The zero-order chi connectivity index (χ0) is 25.6. The summed E-state index contributed by atoms with van der Waals surface area (Å²) in [6.07, 6.45) is 8.70. The van der Waals surface area contributed by atoms with E-state index in [1.807, 2.05) is 41.3 Å². The van der Waals surface area contributed by atoms with Crippen molar-refractivity contribution in [1.29, 1.82) is 0 Å². The number of rotatable bonds is 8. The summed E-state index contributed by atoms with van der Waals surface area (Å²) in [7, 11) is 1.71. The summed E-state index contributed by atoms with van der Waals surface area (Å²) in [4.78, 5) is 32.9. The van der Waals surface area contributed by atoms with Gasteiger partial charge in [0.1, 0.15) is 5.75 Å². The molecule has 7 nitrogen and oxygen atoms in total. The molecular formula is C30H40N4O3. The van der Waals surface area contributed by atoms with Gasteiger partial charge in [0, 0.05) is 57.1 Å². The second kappa shape index (κ2) is 11.9. The smallest absolute Gasteiger partial charge is 0.256 e. The number of hydrogen-bond acceptors (Lipinski definition) is 5. The molecule has 0 spiro atoms. The third-order valence-electron chi connectivity index (χ3n) is 8.20. The molecule has 0 atom stereocenters. The van der Waals surface area contributed by atoms with Crippen molar-refractivity contribution in [3.05, 3.63) is 48.0 Å². The Morgan fingerprint density at radius 2 is 1.54 bits per heavy atom. The largest absolute Gasteiger partial charge is 0.495 e. The lowest BCUT2D eigenvalue weighted by molar-refractivity contribution is -0.116. The van der Waals surface area contributed by atoms with Crippen LogP contribution in [0.5, 0.6) is 5.75 Å². The lowest BCUT2D eigenvalue weighted by atomic mass is 10.0. The Balaban J connectivity index is 1.30. The van der Waals surface area contributed by atoms with Crippen LogP contribution in [0.3, 0.4) is 0 Å². The average molecular weight is 505 g/mol. The molecule has 0 aromatic heterocycles. The highest BCUT2D eigenvalue weighted by atomic mass is 16.5. The molecule has 5 rings (SSSR count). The number of nitrogens with one attached hydrogen (secondary N) is 1. The van der Waals surface area contributed by atoms with Crippen LogP contribution in [0.15, 0.2) is 42.5 Å². The maximum atomic E-state index is 13.6. The van der Waals surface area contributed by atoms with Gasteiger partial charge in [-0.25, -0.2) is 0 Å². The number of likely N-dealkylation sites (tertiary alicyclic amines) is 1. The maximum Gasteiger partial charge on any atom is 0.256 e. The fourth-order valence-corrected chi connectivity index (χ4v) is 6.09. The molecule has 2 aliphatic heterocycles. The molecule has 3 aliphatic rings. The van der Waals surface area contributed by atoms with Gasteiger partial charge in [-0.2, -0.15) is 0 Å². The lowest BCUT2D eigenvalue weighted by Crippen LogP contribution is -2.47. The molecule has 1 N–H and O–H groups in total. The highest BCUT2D eigenvalue weighted by Crippen LogP contribution is 2.32. The Morgan fingerprint density at radius 1 is 0.865 bits per heavy atom. The normalized spacial score (nSPS) is 18.4. The highest BCUT2D eigenvalue weighted by molar-refractivity contribution is 6.02. The lowest BCUT2D eigenvalue weighted by Gasteiger charge is -2.38. The number of para-hydroxylation sites is 2. The zero-order valence-corrected chi connectivity index (χ0v) is 22.1. The van der Waals surface area contributed by atoms with Gasteiger partial charge < -0.3 is 24.8 Å². The minimum Gasteiger partial charge on any atom is -0.495 e. The molecule has 2 saturated heterocycles. The maximum absolute atomic E-state index is 13.6. The van der Waals surface area contributed by atoms with Crippen molar-refractivity contribution < 1.29 is 14.3 Å². The Labute approximate surface area is 220 Å². The molecule has 2 amide bonds. The first kappa shape index (κ1) is 25.4. The first-order chi connectivity index (χ1) is 18.1. The summed E-state index contributed by atoms with van der Waals surface area (Å²) in [5.74, 6) is 1.69. The van der Waals surface area contributed by atoms with Crippen molar-refractivity contribution >= 4 is 28.9 Å². The molecule has 1 aliphatic carbocycles. The van der Waals surface area contributed by atoms with Crippen LogP contribution in [0.25, 0.3) is 0 Å². The third-order valence-corrected chi connectivity index (χ3v) is 8.20. The summed E-state index contributed by atoms with van der Waals surface area (Å²) in [6.45, 7) is 4.92. The number of piperazine rings is 1. The summed E-state index contributed by atoms with van der Waals surface area (Å²) < 4.78 is 5.57. The number of hydrogen-bond donors (Lipinski definition) is 1. The van der Waals surface area contributed by atoms with Gasteiger partial charge in [-0.15, -0.1) is 0 Å². The van der Waals surface area contributed by atoms with Crippen molar-refractivity contribution in [2.45, 2.75) is 51.4 Å². The summed E-state index contributed by atoms with van der Waals surface area (Å²) in [5.41, 5.74) is 3.48. The Kier molecular flexibility index (Phi) is 8.17. The molecule has 0 bridgehead atoms. The van der Waals surface area contributed by atoms with E-state index in [1.165, 1.54) is 25.7 Å². The van der Waals surface area contributed by atoms with E-state index in [2.05, 4.69) is 21.2 Å². The minimum absolute atomic E-state index is 0.0460. The number of nitrogens with zero attached hydrogens (tertiary/aromatic N) is 3. The van der Waals surface area contributed by atoms with E-state index >= 15 is 0 Å². The number of ether oxygens (including phenoxy) is 1. The second-order valence-electron chi connectivity index (χ2n) is 10.6. The van der Waals surface area contributed by atoms with Gasteiger partial charge >= 0.3 is 0 Å². The molecule has 37 heavy (non-hydrogen) atoms. The van der Waals surface area contributed by atoms with Gasteiger partial charge in [0.25, 0.3) is 5.91 Å². The molecule has 2 aromatic rings. The van der Waals surface area contributed by atoms with E-state index in [9.17, 15) is 9.59 Å². The van der Waals surface area contributed by atoms with Crippen LogP contribution in [0.1, 0.15) is 61.7 Å². The zero-order valence-electron chi connectivity index (χ0n) is 22.1. The molecule has 7 heteroatoms. The number of benzene rings is 2. The predicted molar refractivity (Wildman–Crippen MR) is 149 cm³/mol. The topological polar surface area (TPSA) is 65.1 Å². The fraction of sp³-hybridized carbons (Fsp3) is 0.533. The van der Waals surface area contributed by atoms with E-state index in [-0.39, 0.29) is 11.8 Å². The quantitative estimate of drug-likeness (QED) is 0.538. The molecule has 3 fully saturated rings. The SMILES string of the molecule is COc1ccccc1N1CCN(c2ccc(NC(=O)CCC3CCCC3)cc2C(=O)N2CCCC2)CC1. The second-order valence-corrected chi connectivity index (χ2v) is 10.6. The van der Waals surface area contributed by atoms with Gasteiger partial charge in [-0.1, -0.05) is 37.8 Å². The van der Waals surface area contributed by atoms with Crippen LogP contribution >= 0.6 is 0 Å². The molecule has 2 heterocycles. The van der Waals surface area contributed by atoms with E-state index in [0.29, 0.717) is 17.9 Å². The molecule has 1 saturated carbocycles. The van der Waals surface area contributed by atoms with Crippen LogP contribution in [0.2, 0.25) is 0 Å². The summed E-state index contributed by atoms with van der Waals surface area (Å²) in [5, 5.41) is 3.07. The van der Waals surface area contributed by atoms with Crippen LogP contribution in [-0.2, 0) is 4.79 Å². The van der Waals surface area contributed by atoms with Crippen molar-refractivity contribution in [2.24, 2.45) is 5.92 Å². The number of anilines is 3. The van der Waals surface area contributed by atoms with Crippen molar-refractivity contribution in [2.75, 3.05) is 61.5 Å². The molecule has 0 radical (unpaired) electrons. The minimum atomic E-state index is 0.0460. The van der Waals surface area contributed by atoms with E-state index < -0.39 is 0 Å². The van der Waals surface area contributed by atoms with Crippen LogP contribution in [0.4, 0.5) is 17.1 Å². The summed E-state index contributed by atoms with van der Waals surface area (Å²) in [6, 6.07) is 14.0. The number of methoxy groups -OCH3 is 1. The third kappa shape index (κ3) is 6.03. The van der Waals surface area contributed by atoms with Gasteiger partial charge in [-0.3, -0.25) is 9.59 Å². The van der Waals surface area contributed by atoms with E-state index in [1.54, 1.807) is 7.11 Å². The van der Waals surface area contributed by atoms with Crippen LogP contribution in [0, 0.1) is 5.92 Å². The predicted octanol–water partition coefficient (Wildman–Crippen LogP) is 5.17. The fourth-order valence-electron chi connectivity index (χ4n) is 6.09. The molecule has 198 valence electrons. The van der Waals surface area contributed by atoms with Crippen molar-refractivity contribution in [3.63, 3.8) is 0 Å². The monoisotopic (exact) mass is 504 g/mol. The van der Waals surface area contributed by atoms with Crippen LogP contribution in [-0.4, -0.2) is 63.1 Å². The van der Waals surface area contributed by atoms with E-state index in [4.69, 9.17) is 4.74 Å². The van der Waals surface area contributed by atoms with E-state index in [0.717, 1.165) is 81.3 Å². The molecular weight excluding hydrogens is 464 g/mol. The van der Waals surface area contributed by atoms with Gasteiger partial charge in [0.2, 0.25) is 5.91 Å².